The quantitative estimate of drug-likeness (QED) is 0.0901. The zero-order valence-corrected chi connectivity index (χ0v) is 32.8. The summed E-state index contributed by atoms with van der Waals surface area (Å²) in [6, 6.07) is 57.6. The zero-order valence-electron chi connectivity index (χ0n) is 31.2. The van der Waals surface area contributed by atoms with Gasteiger partial charge in [-0.1, -0.05) is 133 Å². The minimum atomic E-state index is -4.39. The largest absolute Gasteiger partial charge is 0.378 e. The third-order valence-corrected chi connectivity index (χ3v) is 12.5. The monoisotopic (exact) mass is 820 g/mol. The van der Waals surface area contributed by atoms with Gasteiger partial charge in [0.05, 0.1) is 5.41 Å². The van der Waals surface area contributed by atoms with Crippen molar-refractivity contribution in [1.29, 1.82) is 0 Å². The average molecular weight is 821 g/mol. The second kappa shape index (κ2) is 16.2. The Labute approximate surface area is 341 Å². The Bertz CT molecular complexity index is 2740. The highest BCUT2D eigenvalue weighted by Gasteiger charge is 2.40. The minimum absolute atomic E-state index is 0.0546. The molecule has 0 bridgehead atoms. The Morgan fingerprint density at radius 1 is 0.356 bits per heavy atom. The highest BCUT2D eigenvalue weighted by molar-refractivity contribution is 7.87. The van der Waals surface area contributed by atoms with Gasteiger partial charge in [-0.2, -0.15) is 16.8 Å². The second-order valence-electron chi connectivity index (χ2n) is 13.6. The fourth-order valence-electron chi connectivity index (χ4n) is 7.27. The third kappa shape index (κ3) is 7.88. The molecule has 0 amide bonds. The summed E-state index contributed by atoms with van der Waals surface area (Å²) in [6.45, 7) is 0. The fraction of sp³-hybridized carbons (Fsp3) is 0.0204. The van der Waals surface area contributed by atoms with Crippen LogP contribution in [0.25, 0.3) is 22.3 Å². The van der Waals surface area contributed by atoms with Gasteiger partial charge in [-0.05, 0) is 106 Å². The van der Waals surface area contributed by atoms with Crippen molar-refractivity contribution < 1.29 is 34.0 Å². The van der Waals surface area contributed by atoms with Crippen molar-refractivity contribution >= 4 is 20.2 Å². The predicted octanol–water partition coefficient (Wildman–Crippen LogP) is 11.2. The second-order valence-corrected chi connectivity index (χ2v) is 16.7. The van der Waals surface area contributed by atoms with Crippen molar-refractivity contribution in [2.24, 2.45) is 0 Å². The first-order valence-electron chi connectivity index (χ1n) is 18.5. The highest BCUT2D eigenvalue weighted by atomic mass is 32.2. The average Bonchev–Trinajstić information content (AvgIpc) is 3.26. The number of hydrogen-bond acceptors (Lipinski definition) is 6. The van der Waals surface area contributed by atoms with Gasteiger partial charge in [0.25, 0.3) is 0 Å². The molecule has 0 N–H and O–H groups in total. The summed E-state index contributed by atoms with van der Waals surface area (Å²) in [6.07, 6.45) is 0. The molecule has 59 heavy (non-hydrogen) atoms. The molecule has 8 aromatic rings. The summed E-state index contributed by atoms with van der Waals surface area (Å²) in [7, 11) is -8.78. The fourth-order valence-corrected chi connectivity index (χ4v) is 9.16. The summed E-state index contributed by atoms with van der Waals surface area (Å²) in [5, 5.41) is 0. The SMILES string of the molecule is O=S(=O)(Oc1ccc(C(c2ccccc2)(c2ccccc2)c2ccc(OS(=O)(=O)c3ccc(F)cc3)c(-c3ccccc3)c2)cc1-c1ccccc1)c1ccc(F)cc1. The first-order chi connectivity index (χ1) is 28.5. The van der Waals surface area contributed by atoms with E-state index in [1.54, 1.807) is 12.1 Å². The van der Waals surface area contributed by atoms with Gasteiger partial charge >= 0.3 is 20.2 Å². The predicted molar refractivity (Wildman–Crippen MR) is 224 cm³/mol. The van der Waals surface area contributed by atoms with Crippen molar-refractivity contribution in [2.45, 2.75) is 15.2 Å². The topological polar surface area (TPSA) is 86.7 Å². The van der Waals surface area contributed by atoms with E-state index in [1.807, 2.05) is 146 Å². The van der Waals surface area contributed by atoms with Crippen molar-refractivity contribution in [1.82, 2.24) is 0 Å². The van der Waals surface area contributed by atoms with Crippen molar-refractivity contribution in [2.75, 3.05) is 0 Å². The van der Waals surface area contributed by atoms with Gasteiger partial charge in [-0.15, -0.1) is 0 Å². The molecule has 8 aromatic carbocycles. The molecule has 0 aliphatic rings. The Morgan fingerprint density at radius 2 is 0.678 bits per heavy atom. The van der Waals surface area contributed by atoms with E-state index >= 15 is 0 Å². The zero-order chi connectivity index (χ0) is 41.0. The smallest absolute Gasteiger partial charge is 0.339 e. The summed E-state index contributed by atoms with van der Waals surface area (Å²) < 4.78 is 93.8. The Hall–Kier alpha value is -6.88. The molecule has 292 valence electrons. The maximum Gasteiger partial charge on any atom is 0.339 e. The molecule has 0 heterocycles. The lowest BCUT2D eigenvalue weighted by Gasteiger charge is -2.37. The number of rotatable bonds is 12. The summed E-state index contributed by atoms with van der Waals surface area (Å²) in [5.41, 5.74) is 4.34. The maximum atomic E-state index is 13.8. The van der Waals surface area contributed by atoms with Crippen LogP contribution in [0.5, 0.6) is 11.5 Å². The molecule has 0 aliphatic carbocycles. The first kappa shape index (κ1) is 39.0. The lowest BCUT2D eigenvalue weighted by Crippen LogP contribution is -2.31. The standard InChI is InChI=1S/C49H34F2O6S2/c50-41-23-27-43(28-24-41)58(52,53)56-47-31-21-39(33-45(47)35-13-5-1-6-14-35)49(37-17-9-3-10-18-37,38-19-11-4-12-20-38)40-22-32-48(46(34-40)36-15-7-2-8-16-36)57-59(54,55)44-29-25-42(51)26-30-44/h1-34H. The van der Waals surface area contributed by atoms with Crippen molar-refractivity contribution in [3.05, 3.63) is 240 Å². The molecule has 0 saturated carbocycles. The highest BCUT2D eigenvalue weighted by Crippen LogP contribution is 2.49. The van der Waals surface area contributed by atoms with Gasteiger partial charge in [0.2, 0.25) is 0 Å². The molecule has 0 radical (unpaired) electrons. The van der Waals surface area contributed by atoms with Gasteiger partial charge in [0, 0.05) is 11.1 Å². The van der Waals surface area contributed by atoms with Crippen LogP contribution in [-0.2, 0) is 25.7 Å². The molecule has 0 fully saturated rings. The Morgan fingerprint density at radius 3 is 1.02 bits per heavy atom. The molecule has 0 spiro atoms. The molecule has 0 saturated heterocycles. The van der Waals surface area contributed by atoms with Crippen LogP contribution in [-0.4, -0.2) is 16.8 Å². The minimum Gasteiger partial charge on any atom is -0.378 e. The van der Waals surface area contributed by atoms with Gasteiger partial charge in [-0.3, -0.25) is 0 Å². The van der Waals surface area contributed by atoms with Crippen LogP contribution in [0, 0.1) is 11.6 Å². The van der Waals surface area contributed by atoms with E-state index in [0.717, 1.165) is 70.8 Å². The van der Waals surface area contributed by atoms with Crippen LogP contribution in [0.15, 0.2) is 216 Å². The van der Waals surface area contributed by atoms with E-state index in [4.69, 9.17) is 8.37 Å². The van der Waals surface area contributed by atoms with Crippen LogP contribution >= 0.6 is 0 Å². The van der Waals surface area contributed by atoms with E-state index in [9.17, 15) is 25.6 Å². The lowest BCUT2D eigenvalue weighted by molar-refractivity contribution is 0.485. The van der Waals surface area contributed by atoms with Crippen molar-refractivity contribution in [3.63, 3.8) is 0 Å². The molecule has 0 aromatic heterocycles. The van der Waals surface area contributed by atoms with Crippen LogP contribution in [0.1, 0.15) is 22.3 Å². The summed E-state index contributed by atoms with van der Waals surface area (Å²) in [5.74, 6) is -1.06. The van der Waals surface area contributed by atoms with E-state index in [-0.39, 0.29) is 21.3 Å². The molecular formula is C49H34F2O6S2. The summed E-state index contributed by atoms with van der Waals surface area (Å²) in [4.78, 5) is -0.413. The van der Waals surface area contributed by atoms with Gasteiger partial charge < -0.3 is 8.37 Å². The molecule has 6 nitrogen and oxygen atoms in total. The van der Waals surface area contributed by atoms with Gasteiger partial charge in [0.1, 0.15) is 21.4 Å². The summed E-state index contributed by atoms with van der Waals surface area (Å²) >= 11 is 0. The van der Waals surface area contributed by atoms with Gasteiger partial charge in [-0.25, -0.2) is 8.78 Å². The van der Waals surface area contributed by atoms with Crippen LogP contribution in [0.3, 0.4) is 0 Å². The Balaban J connectivity index is 1.38. The normalized spacial score (nSPS) is 11.8. The van der Waals surface area contributed by atoms with E-state index in [0.29, 0.717) is 22.3 Å². The lowest BCUT2D eigenvalue weighted by atomic mass is 9.64. The van der Waals surface area contributed by atoms with Crippen LogP contribution < -0.4 is 8.37 Å². The molecule has 0 unspecified atom stereocenters. The number of halogens is 2. The van der Waals surface area contributed by atoms with Crippen LogP contribution in [0.4, 0.5) is 8.78 Å². The third-order valence-electron chi connectivity index (χ3n) is 10.0. The number of benzene rings is 8. The van der Waals surface area contributed by atoms with Gasteiger partial charge in [0.15, 0.2) is 11.5 Å². The van der Waals surface area contributed by atoms with Crippen LogP contribution in [0.2, 0.25) is 0 Å². The molecule has 0 aliphatic heterocycles. The molecule has 8 rings (SSSR count). The van der Waals surface area contributed by atoms with Crippen molar-refractivity contribution in [3.8, 4) is 33.8 Å². The molecule has 0 atom stereocenters. The Kier molecular flexibility index (Phi) is 10.7. The molecular weight excluding hydrogens is 787 g/mol. The maximum absolute atomic E-state index is 13.8. The van der Waals surface area contributed by atoms with E-state index < -0.39 is 37.3 Å². The number of hydrogen-bond donors (Lipinski definition) is 0. The first-order valence-corrected chi connectivity index (χ1v) is 21.3. The molecule has 10 heteroatoms. The van der Waals surface area contributed by atoms with E-state index in [2.05, 4.69) is 0 Å². The van der Waals surface area contributed by atoms with E-state index in [1.165, 1.54) is 0 Å².